The first-order valence-electron chi connectivity index (χ1n) is 9.71. The molecule has 31 heavy (non-hydrogen) atoms. The van der Waals surface area contributed by atoms with Crippen LogP contribution in [0.1, 0.15) is 28.2 Å². The van der Waals surface area contributed by atoms with Gasteiger partial charge in [-0.3, -0.25) is 4.98 Å². The molecule has 0 radical (unpaired) electrons. The highest BCUT2D eigenvalue weighted by atomic mass is 19.4. The monoisotopic (exact) mass is 424 g/mol. The first-order valence-corrected chi connectivity index (χ1v) is 9.71. The maximum Gasteiger partial charge on any atom is 0.417 e. The molecule has 1 heterocycles. The number of alkyl halides is 3. The normalized spacial score (nSPS) is 13.1. The van der Waals surface area contributed by atoms with Crippen molar-refractivity contribution in [1.29, 1.82) is 0 Å². The lowest BCUT2D eigenvalue weighted by molar-refractivity contribution is -0.137. The van der Waals surface area contributed by atoms with Crippen molar-refractivity contribution in [3.63, 3.8) is 0 Å². The topological polar surface area (TPSA) is 51.2 Å². The molecule has 0 fully saturated rings. The zero-order chi connectivity index (χ0) is 21.8. The molecule has 1 aromatic heterocycles. The van der Waals surface area contributed by atoms with E-state index in [-0.39, 0.29) is 19.1 Å². The fourth-order valence-electron chi connectivity index (χ4n) is 3.69. The SMILES string of the molecule is O=C(NCC=Cc1cncc(C(F)(F)F)c1)OCC1c2ccccc2-c2ccccc21. The van der Waals surface area contributed by atoms with E-state index in [2.05, 4.69) is 22.4 Å². The minimum absolute atomic E-state index is 0.0372. The molecular formula is C24H19F3N2O2. The van der Waals surface area contributed by atoms with Crippen LogP contribution in [0.2, 0.25) is 0 Å². The molecule has 7 heteroatoms. The van der Waals surface area contributed by atoms with Crippen LogP contribution in [0.15, 0.2) is 73.1 Å². The van der Waals surface area contributed by atoms with Crippen molar-refractivity contribution in [3.05, 3.63) is 95.3 Å². The van der Waals surface area contributed by atoms with E-state index in [1.54, 1.807) is 6.08 Å². The van der Waals surface area contributed by atoms with Crippen molar-refractivity contribution in [1.82, 2.24) is 10.3 Å². The molecule has 0 bridgehead atoms. The summed E-state index contributed by atoms with van der Waals surface area (Å²) < 4.78 is 43.6. The standard InChI is InChI=1S/C24H19F3N2O2/c25-24(26,27)17-12-16(13-28-14-17)6-5-11-29-23(30)31-15-22-20-9-3-1-7-18(20)19-8-2-4-10-21(19)22/h1-10,12-14,22H,11,15H2,(H,29,30). The summed E-state index contributed by atoms with van der Waals surface area (Å²) >= 11 is 0. The average Bonchev–Trinajstić information content (AvgIpc) is 3.09. The van der Waals surface area contributed by atoms with Crippen LogP contribution in [0.25, 0.3) is 17.2 Å². The van der Waals surface area contributed by atoms with E-state index in [0.29, 0.717) is 5.56 Å². The van der Waals surface area contributed by atoms with Crippen LogP contribution in [-0.2, 0) is 10.9 Å². The van der Waals surface area contributed by atoms with E-state index < -0.39 is 17.8 Å². The molecule has 0 saturated heterocycles. The fraction of sp³-hybridized carbons (Fsp3) is 0.167. The van der Waals surface area contributed by atoms with E-state index in [1.165, 1.54) is 12.3 Å². The molecule has 1 amide bonds. The molecule has 1 aliphatic carbocycles. The number of hydrogen-bond donors (Lipinski definition) is 1. The number of fused-ring (bicyclic) bond motifs is 3. The molecule has 2 aromatic carbocycles. The van der Waals surface area contributed by atoms with E-state index in [0.717, 1.165) is 34.5 Å². The van der Waals surface area contributed by atoms with Gasteiger partial charge >= 0.3 is 12.3 Å². The predicted octanol–water partition coefficient (Wildman–Crippen LogP) is 5.65. The largest absolute Gasteiger partial charge is 0.449 e. The highest BCUT2D eigenvalue weighted by Crippen LogP contribution is 2.44. The Kier molecular flexibility index (Phi) is 5.75. The van der Waals surface area contributed by atoms with Crippen molar-refractivity contribution < 1.29 is 22.7 Å². The fourth-order valence-corrected chi connectivity index (χ4v) is 3.69. The van der Waals surface area contributed by atoms with Crippen LogP contribution in [0.3, 0.4) is 0 Å². The second-order valence-electron chi connectivity index (χ2n) is 7.11. The van der Waals surface area contributed by atoms with Crippen molar-refractivity contribution >= 4 is 12.2 Å². The molecule has 0 unspecified atom stereocenters. The summed E-state index contributed by atoms with van der Waals surface area (Å²) in [5.74, 6) is -0.0372. The Morgan fingerprint density at radius 1 is 1.03 bits per heavy atom. The Morgan fingerprint density at radius 3 is 2.32 bits per heavy atom. The van der Waals surface area contributed by atoms with Gasteiger partial charge < -0.3 is 10.1 Å². The molecule has 0 saturated carbocycles. The van der Waals surface area contributed by atoms with Gasteiger partial charge in [-0.2, -0.15) is 13.2 Å². The minimum atomic E-state index is -4.45. The number of ether oxygens (including phenoxy) is 1. The number of benzene rings is 2. The lowest BCUT2D eigenvalue weighted by Crippen LogP contribution is -2.26. The molecule has 0 atom stereocenters. The lowest BCUT2D eigenvalue weighted by Gasteiger charge is -2.14. The number of alkyl carbamates (subject to hydrolysis) is 1. The van der Waals surface area contributed by atoms with Gasteiger partial charge in [0.25, 0.3) is 0 Å². The molecule has 1 N–H and O–H groups in total. The quantitative estimate of drug-likeness (QED) is 0.576. The second kappa shape index (κ2) is 8.63. The van der Waals surface area contributed by atoms with Gasteiger partial charge in [0.2, 0.25) is 0 Å². The predicted molar refractivity (Wildman–Crippen MR) is 111 cm³/mol. The van der Waals surface area contributed by atoms with Crippen LogP contribution in [-0.4, -0.2) is 24.2 Å². The van der Waals surface area contributed by atoms with Crippen LogP contribution < -0.4 is 5.32 Å². The second-order valence-corrected chi connectivity index (χ2v) is 7.11. The Morgan fingerprint density at radius 2 is 1.68 bits per heavy atom. The van der Waals surface area contributed by atoms with Crippen molar-refractivity contribution in [2.75, 3.05) is 13.2 Å². The number of aromatic nitrogens is 1. The van der Waals surface area contributed by atoms with Gasteiger partial charge in [0.1, 0.15) is 6.61 Å². The van der Waals surface area contributed by atoms with Gasteiger partial charge in [0.15, 0.2) is 0 Å². The average molecular weight is 424 g/mol. The smallest absolute Gasteiger partial charge is 0.417 e. The van der Waals surface area contributed by atoms with Crippen LogP contribution in [0.4, 0.5) is 18.0 Å². The maximum absolute atomic E-state index is 12.7. The third kappa shape index (κ3) is 4.60. The Hall–Kier alpha value is -3.61. The van der Waals surface area contributed by atoms with Crippen LogP contribution in [0, 0.1) is 0 Å². The highest BCUT2D eigenvalue weighted by molar-refractivity contribution is 5.79. The number of amides is 1. The van der Waals surface area contributed by atoms with Crippen molar-refractivity contribution in [3.8, 4) is 11.1 Å². The van der Waals surface area contributed by atoms with Gasteiger partial charge in [-0.1, -0.05) is 60.7 Å². The first-order chi connectivity index (χ1) is 14.9. The molecule has 1 aliphatic rings. The lowest BCUT2D eigenvalue weighted by atomic mass is 9.98. The number of carbonyl (C=O) groups excluding carboxylic acids is 1. The Labute approximate surface area is 177 Å². The molecule has 3 aromatic rings. The van der Waals surface area contributed by atoms with Gasteiger partial charge in [0.05, 0.1) is 5.56 Å². The Bertz CT molecular complexity index is 1080. The Balaban J connectivity index is 1.32. The van der Waals surface area contributed by atoms with Crippen molar-refractivity contribution in [2.24, 2.45) is 0 Å². The third-order valence-electron chi connectivity index (χ3n) is 5.10. The van der Waals surface area contributed by atoms with Crippen molar-refractivity contribution in [2.45, 2.75) is 12.1 Å². The number of carbonyl (C=O) groups is 1. The number of halogens is 3. The van der Waals surface area contributed by atoms with Gasteiger partial charge in [-0.15, -0.1) is 0 Å². The minimum Gasteiger partial charge on any atom is -0.449 e. The number of nitrogens with one attached hydrogen (secondary N) is 1. The highest BCUT2D eigenvalue weighted by Gasteiger charge is 2.31. The molecule has 4 nitrogen and oxygen atoms in total. The molecule has 158 valence electrons. The molecular weight excluding hydrogens is 405 g/mol. The number of hydrogen-bond acceptors (Lipinski definition) is 3. The van der Waals surface area contributed by atoms with Gasteiger partial charge in [-0.25, -0.2) is 4.79 Å². The van der Waals surface area contributed by atoms with E-state index >= 15 is 0 Å². The van der Waals surface area contributed by atoms with Gasteiger partial charge in [-0.05, 0) is 33.9 Å². The van der Waals surface area contributed by atoms with E-state index in [1.807, 2.05) is 36.4 Å². The number of pyridine rings is 1. The van der Waals surface area contributed by atoms with E-state index in [4.69, 9.17) is 4.74 Å². The van der Waals surface area contributed by atoms with E-state index in [9.17, 15) is 18.0 Å². The zero-order valence-electron chi connectivity index (χ0n) is 16.4. The first kappa shape index (κ1) is 20.7. The summed E-state index contributed by atoms with van der Waals surface area (Å²) in [6.45, 7) is 0.314. The number of nitrogens with zero attached hydrogens (tertiary/aromatic N) is 1. The molecule has 0 spiro atoms. The summed E-state index contributed by atoms with van der Waals surface area (Å²) in [5.41, 5.74) is 4.00. The summed E-state index contributed by atoms with van der Waals surface area (Å²) in [6, 6.07) is 17.1. The van der Waals surface area contributed by atoms with Crippen LogP contribution in [0.5, 0.6) is 0 Å². The van der Waals surface area contributed by atoms with Crippen LogP contribution >= 0.6 is 0 Å². The number of rotatable bonds is 5. The summed E-state index contributed by atoms with van der Waals surface area (Å²) in [5, 5.41) is 2.58. The zero-order valence-corrected chi connectivity index (χ0v) is 16.4. The summed E-state index contributed by atoms with van der Waals surface area (Å²) in [7, 11) is 0. The summed E-state index contributed by atoms with van der Waals surface area (Å²) in [6.07, 6.45) is 0.0559. The third-order valence-corrected chi connectivity index (χ3v) is 5.10. The van der Waals surface area contributed by atoms with Gasteiger partial charge in [0, 0.05) is 24.9 Å². The molecule has 4 rings (SSSR count). The molecule has 0 aliphatic heterocycles. The summed E-state index contributed by atoms with van der Waals surface area (Å²) in [4.78, 5) is 15.7. The maximum atomic E-state index is 12.7.